The third-order valence-corrected chi connectivity index (χ3v) is 6.59. The average molecular weight is 407 g/mol. The lowest BCUT2D eigenvalue weighted by Crippen LogP contribution is -2.43. The molecule has 2 aliphatic heterocycles. The van der Waals surface area contributed by atoms with Crippen molar-refractivity contribution < 1.29 is 14.3 Å². The molecular weight excluding hydrogens is 372 g/mol. The number of piperidine rings is 1. The molecule has 0 radical (unpaired) electrons. The van der Waals surface area contributed by atoms with Gasteiger partial charge in [-0.2, -0.15) is 11.8 Å². The fraction of sp³-hybridized carbons (Fsp3) is 0.682. The molecule has 3 rings (SSSR count). The molecule has 1 aromatic rings. The molecule has 156 valence electrons. The Labute approximate surface area is 173 Å². The number of benzene rings is 1. The number of likely N-dealkylation sites (tertiary alicyclic amines) is 2. The van der Waals surface area contributed by atoms with Crippen LogP contribution < -0.4 is 9.47 Å². The summed E-state index contributed by atoms with van der Waals surface area (Å²) in [5, 5.41) is 0. The number of hydrogen-bond donors (Lipinski definition) is 0. The van der Waals surface area contributed by atoms with Crippen LogP contribution in [0.4, 0.5) is 0 Å². The molecule has 0 aliphatic carbocycles. The zero-order valence-electron chi connectivity index (χ0n) is 17.5. The van der Waals surface area contributed by atoms with Gasteiger partial charge >= 0.3 is 0 Å². The molecule has 1 aromatic carbocycles. The van der Waals surface area contributed by atoms with Crippen molar-refractivity contribution in [3.8, 4) is 11.5 Å². The first-order chi connectivity index (χ1) is 13.6. The molecular formula is C22H34N2O3S. The van der Waals surface area contributed by atoms with Gasteiger partial charge in [0.1, 0.15) is 17.6 Å². The molecule has 2 aliphatic rings. The highest BCUT2D eigenvalue weighted by atomic mass is 32.2. The summed E-state index contributed by atoms with van der Waals surface area (Å²) < 4.78 is 11.7. The topological polar surface area (TPSA) is 42.0 Å². The number of hydrogen-bond acceptors (Lipinski definition) is 5. The normalized spacial score (nSPS) is 19.6. The van der Waals surface area contributed by atoms with Crippen molar-refractivity contribution in [2.24, 2.45) is 0 Å². The van der Waals surface area contributed by atoms with E-state index in [9.17, 15) is 4.79 Å². The Morgan fingerprint density at radius 2 is 1.93 bits per heavy atom. The lowest BCUT2D eigenvalue weighted by Gasteiger charge is -2.36. The van der Waals surface area contributed by atoms with E-state index in [1.54, 1.807) is 7.11 Å². The van der Waals surface area contributed by atoms with E-state index < -0.39 is 0 Å². The Hall–Kier alpha value is -1.40. The van der Waals surface area contributed by atoms with Gasteiger partial charge in [-0.25, -0.2) is 0 Å². The quantitative estimate of drug-likeness (QED) is 0.655. The van der Waals surface area contributed by atoms with Crippen molar-refractivity contribution >= 4 is 17.7 Å². The molecule has 0 N–H and O–H groups in total. The second kappa shape index (κ2) is 10.4. The van der Waals surface area contributed by atoms with Crippen LogP contribution in [-0.2, 0) is 0 Å². The number of carbonyl (C=O) groups is 1. The number of carbonyl (C=O) groups excluding carboxylic acids is 1. The van der Waals surface area contributed by atoms with Gasteiger partial charge in [-0.15, -0.1) is 0 Å². The second-order valence-electron chi connectivity index (χ2n) is 7.85. The maximum Gasteiger partial charge on any atom is 0.257 e. The number of nitrogens with zero attached hydrogens (tertiary/aromatic N) is 2. The summed E-state index contributed by atoms with van der Waals surface area (Å²) in [6.45, 7) is 6.12. The highest BCUT2D eigenvalue weighted by Crippen LogP contribution is 2.30. The first kappa shape index (κ1) is 21.3. The Balaban J connectivity index is 1.64. The van der Waals surface area contributed by atoms with Crippen molar-refractivity contribution in [3.63, 3.8) is 0 Å². The van der Waals surface area contributed by atoms with E-state index in [1.807, 2.05) is 34.9 Å². The van der Waals surface area contributed by atoms with Crippen molar-refractivity contribution in [1.29, 1.82) is 0 Å². The van der Waals surface area contributed by atoms with Crippen molar-refractivity contribution in [2.45, 2.75) is 51.2 Å². The summed E-state index contributed by atoms with van der Waals surface area (Å²) in [4.78, 5) is 17.4. The van der Waals surface area contributed by atoms with Gasteiger partial charge in [-0.1, -0.05) is 0 Å². The summed E-state index contributed by atoms with van der Waals surface area (Å²) in [6, 6.07) is 6.20. The Morgan fingerprint density at radius 1 is 1.21 bits per heavy atom. The second-order valence-corrected chi connectivity index (χ2v) is 8.83. The van der Waals surface area contributed by atoms with Crippen LogP contribution in [0.2, 0.25) is 0 Å². The molecule has 6 heteroatoms. The van der Waals surface area contributed by atoms with Crippen LogP contribution in [0.1, 0.15) is 49.4 Å². The SMILES string of the molecule is COc1ccc(C(=O)N2CCCC2)c(OC2CCN([C@@H](C)CCSC)CC2)c1. The summed E-state index contributed by atoms with van der Waals surface area (Å²) in [5.41, 5.74) is 0.665. The molecule has 1 amide bonds. The zero-order chi connectivity index (χ0) is 19.9. The molecule has 5 nitrogen and oxygen atoms in total. The van der Waals surface area contributed by atoms with Crippen molar-refractivity contribution in [1.82, 2.24) is 9.80 Å². The minimum atomic E-state index is 0.0817. The lowest BCUT2D eigenvalue weighted by molar-refractivity contribution is 0.0724. The van der Waals surface area contributed by atoms with Gasteiger partial charge in [-0.05, 0) is 63.2 Å². The van der Waals surface area contributed by atoms with E-state index in [2.05, 4.69) is 18.1 Å². The van der Waals surface area contributed by atoms with E-state index in [0.29, 0.717) is 17.4 Å². The van der Waals surface area contributed by atoms with Crippen molar-refractivity contribution in [3.05, 3.63) is 23.8 Å². The minimum Gasteiger partial charge on any atom is -0.497 e. The van der Waals surface area contributed by atoms with E-state index in [1.165, 1.54) is 12.2 Å². The fourth-order valence-corrected chi connectivity index (χ4v) is 4.66. The summed E-state index contributed by atoms with van der Waals surface area (Å²) in [5.74, 6) is 2.70. The number of amides is 1. The molecule has 0 unspecified atom stereocenters. The van der Waals surface area contributed by atoms with Gasteiger partial charge in [0, 0.05) is 38.3 Å². The van der Waals surface area contributed by atoms with Crippen LogP contribution in [0, 0.1) is 0 Å². The predicted molar refractivity (Wildman–Crippen MR) is 116 cm³/mol. The monoisotopic (exact) mass is 406 g/mol. The molecule has 0 bridgehead atoms. The van der Waals surface area contributed by atoms with E-state index in [4.69, 9.17) is 9.47 Å². The first-order valence-electron chi connectivity index (χ1n) is 10.5. The zero-order valence-corrected chi connectivity index (χ0v) is 18.3. The van der Waals surface area contributed by atoms with Crippen molar-refractivity contribution in [2.75, 3.05) is 45.3 Å². The Morgan fingerprint density at radius 3 is 2.57 bits per heavy atom. The summed E-state index contributed by atoms with van der Waals surface area (Å²) >= 11 is 1.92. The number of methoxy groups -OCH3 is 1. The van der Waals surface area contributed by atoms with E-state index in [0.717, 1.165) is 57.6 Å². The highest BCUT2D eigenvalue weighted by Gasteiger charge is 2.27. The Bertz CT molecular complexity index is 641. The largest absolute Gasteiger partial charge is 0.497 e. The lowest BCUT2D eigenvalue weighted by atomic mass is 10.0. The van der Waals surface area contributed by atoms with E-state index in [-0.39, 0.29) is 12.0 Å². The Kier molecular flexibility index (Phi) is 7.91. The van der Waals surface area contributed by atoms with Gasteiger partial charge < -0.3 is 19.3 Å². The predicted octanol–water partition coefficient (Wildman–Crippen LogP) is 3.92. The third kappa shape index (κ3) is 5.35. The molecule has 1 atom stereocenters. The summed E-state index contributed by atoms with van der Waals surface area (Å²) in [6.07, 6.45) is 7.73. The molecule has 28 heavy (non-hydrogen) atoms. The van der Waals surface area contributed by atoms with Gasteiger partial charge in [0.25, 0.3) is 5.91 Å². The average Bonchev–Trinajstić information content (AvgIpc) is 3.27. The van der Waals surface area contributed by atoms with Crippen LogP contribution in [0.15, 0.2) is 18.2 Å². The van der Waals surface area contributed by atoms with Gasteiger partial charge in [0.05, 0.1) is 12.7 Å². The van der Waals surface area contributed by atoms with Gasteiger partial charge in [0.2, 0.25) is 0 Å². The molecule has 2 heterocycles. The first-order valence-corrected chi connectivity index (χ1v) is 11.9. The number of ether oxygens (including phenoxy) is 2. The minimum absolute atomic E-state index is 0.0817. The van der Waals surface area contributed by atoms with Crippen LogP contribution in [-0.4, -0.2) is 73.2 Å². The maximum atomic E-state index is 12.9. The van der Waals surface area contributed by atoms with E-state index >= 15 is 0 Å². The number of thioether (sulfide) groups is 1. The van der Waals surface area contributed by atoms with Crippen LogP contribution >= 0.6 is 11.8 Å². The summed E-state index contributed by atoms with van der Waals surface area (Å²) in [7, 11) is 1.65. The molecule has 0 aromatic heterocycles. The van der Waals surface area contributed by atoms with Gasteiger partial charge in [-0.3, -0.25) is 4.79 Å². The fourth-order valence-electron chi connectivity index (χ4n) is 4.08. The molecule has 0 saturated carbocycles. The molecule has 2 fully saturated rings. The standard InChI is InChI=1S/C22H34N2O3S/c1-17(10-15-28-3)23-13-8-18(9-14-23)27-21-16-19(26-2)6-7-20(21)22(25)24-11-4-5-12-24/h6-7,16-18H,4-5,8-15H2,1-3H3/t17-/m0/s1. The van der Waals surface area contributed by atoms with Gasteiger partial charge in [0.15, 0.2) is 0 Å². The smallest absolute Gasteiger partial charge is 0.257 e. The van der Waals surface area contributed by atoms with Crippen LogP contribution in [0.3, 0.4) is 0 Å². The molecule has 0 spiro atoms. The van der Waals surface area contributed by atoms with Crippen LogP contribution in [0.25, 0.3) is 0 Å². The third-order valence-electron chi connectivity index (χ3n) is 5.95. The highest BCUT2D eigenvalue weighted by molar-refractivity contribution is 7.98. The maximum absolute atomic E-state index is 12.9. The number of rotatable bonds is 8. The molecule has 2 saturated heterocycles. The van der Waals surface area contributed by atoms with Crippen LogP contribution in [0.5, 0.6) is 11.5 Å².